The van der Waals surface area contributed by atoms with Crippen molar-refractivity contribution in [3.05, 3.63) is 65.5 Å². The quantitative estimate of drug-likeness (QED) is 0.684. The van der Waals surface area contributed by atoms with Gasteiger partial charge in [-0.15, -0.1) is 0 Å². The highest BCUT2D eigenvalue weighted by atomic mass is 32.2. The van der Waals surface area contributed by atoms with Gasteiger partial charge in [-0.1, -0.05) is 37.3 Å². The van der Waals surface area contributed by atoms with Crippen molar-refractivity contribution < 1.29 is 17.6 Å². The molecule has 0 unspecified atom stereocenters. The van der Waals surface area contributed by atoms with Crippen molar-refractivity contribution in [3.63, 3.8) is 0 Å². The Kier molecular flexibility index (Phi) is 6.29. The van der Waals surface area contributed by atoms with Gasteiger partial charge in [-0.2, -0.15) is 4.31 Å². The number of rotatable bonds is 6. The van der Waals surface area contributed by atoms with E-state index in [1.165, 1.54) is 12.1 Å². The summed E-state index contributed by atoms with van der Waals surface area (Å²) in [6.07, 6.45) is 1.92. The largest absolute Gasteiger partial charge is 0.320 e. The maximum absolute atomic E-state index is 13.1. The lowest BCUT2D eigenvalue weighted by atomic mass is 10.1. The summed E-state index contributed by atoms with van der Waals surface area (Å²) in [5.74, 6) is -0.290. The first-order valence-corrected chi connectivity index (χ1v) is 12.2. The maximum Gasteiger partial charge on any atom is 0.320 e. The molecule has 0 N–H and O–H groups in total. The van der Waals surface area contributed by atoms with E-state index in [1.54, 1.807) is 33.5 Å². The van der Waals surface area contributed by atoms with Crippen molar-refractivity contribution in [1.29, 1.82) is 0 Å². The SMILES string of the molecule is CCc1ccccc1S(=O)(=O)N1CCC(N2CCN(Cc3ccc(F)cc3)C2=O)CC1. The van der Waals surface area contributed by atoms with Crippen LogP contribution in [0.25, 0.3) is 0 Å². The summed E-state index contributed by atoms with van der Waals surface area (Å²) in [4.78, 5) is 16.9. The summed E-state index contributed by atoms with van der Waals surface area (Å²) in [6, 6.07) is 13.4. The highest BCUT2D eigenvalue weighted by Gasteiger charge is 2.38. The molecule has 2 fully saturated rings. The van der Waals surface area contributed by atoms with Crippen LogP contribution in [0.5, 0.6) is 0 Å². The van der Waals surface area contributed by atoms with Crippen molar-refractivity contribution in [2.45, 2.75) is 43.7 Å². The fraction of sp³-hybridized carbons (Fsp3) is 0.435. The first-order valence-electron chi connectivity index (χ1n) is 10.8. The minimum atomic E-state index is -3.53. The summed E-state index contributed by atoms with van der Waals surface area (Å²) in [7, 11) is -3.53. The molecular weight excluding hydrogens is 417 g/mol. The van der Waals surface area contributed by atoms with Crippen LogP contribution in [0.4, 0.5) is 9.18 Å². The Hall–Kier alpha value is -2.45. The number of hydrogen-bond donors (Lipinski definition) is 0. The second-order valence-corrected chi connectivity index (χ2v) is 10.0. The molecule has 2 aliphatic rings. The average molecular weight is 446 g/mol. The molecule has 0 spiro atoms. The molecule has 31 heavy (non-hydrogen) atoms. The third-order valence-electron chi connectivity index (χ3n) is 6.25. The van der Waals surface area contributed by atoms with E-state index in [9.17, 15) is 17.6 Å². The Bertz CT molecular complexity index is 1030. The van der Waals surface area contributed by atoms with Crippen molar-refractivity contribution in [1.82, 2.24) is 14.1 Å². The van der Waals surface area contributed by atoms with Crippen LogP contribution in [0, 0.1) is 5.82 Å². The van der Waals surface area contributed by atoms with Gasteiger partial charge in [0.05, 0.1) is 4.90 Å². The van der Waals surface area contributed by atoms with Crippen LogP contribution in [-0.4, -0.2) is 60.8 Å². The molecule has 0 saturated carbocycles. The van der Waals surface area contributed by atoms with Gasteiger partial charge in [-0.25, -0.2) is 17.6 Å². The number of carbonyl (C=O) groups excluding carboxylic acids is 1. The van der Waals surface area contributed by atoms with Gasteiger partial charge in [0.15, 0.2) is 0 Å². The van der Waals surface area contributed by atoms with Crippen LogP contribution in [-0.2, 0) is 23.0 Å². The lowest BCUT2D eigenvalue weighted by Gasteiger charge is -2.36. The molecule has 4 rings (SSSR count). The fourth-order valence-electron chi connectivity index (χ4n) is 4.48. The molecule has 2 aromatic rings. The van der Waals surface area contributed by atoms with Gasteiger partial charge in [0.1, 0.15) is 5.82 Å². The molecule has 0 aromatic heterocycles. The zero-order valence-electron chi connectivity index (χ0n) is 17.7. The zero-order chi connectivity index (χ0) is 22.0. The first-order chi connectivity index (χ1) is 14.9. The molecule has 166 valence electrons. The number of benzene rings is 2. The second-order valence-electron chi connectivity index (χ2n) is 8.12. The highest BCUT2D eigenvalue weighted by Crippen LogP contribution is 2.27. The van der Waals surface area contributed by atoms with Crippen molar-refractivity contribution in [3.8, 4) is 0 Å². The number of sulfonamides is 1. The normalized spacial score (nSPS) is 18.7. The standard InChI is InChI=1S/C23H28FN3O3S/c1-2-19-5-3-4-6-22(19)31(29,30)26-13-11-21(12-14-26)27-16-15-25(23(27)28)17-18-7-9-20(24)10-8-18/h3-10,21H,2,11-17H2,1H3. The minimum Gasteiger partial charge on any atom is -0.320 e. The van der Waals surface area contributed by atoms with Crippen molar-refractivity contribution >= 4 is 16.1 Å². The topological polar surface area (TPSA) is 60.9 Å². The summed E-state index contributed by atoms with van der Waals surface area (Å²) >= 11 is 0. The monoisotopic (exact) mass is 445 g/mol. The number of nitrogens with zero attached hydrogens (tertiary/aromatic N) is 3. The molecule has 0 atom stereocenters. The van der Waals surface area contributed by atoms with Gasteiger partial charge in [0.2, 0.25) is 10.0 Å². The van der Waals surface area contributed by atoms with Crippen LogP contribution in [0.15, 0.2) is 53.4 Å². The maximum atomic E-state index is 13.1. The fourth-order valence-corrected chi connectivity index (χ4v) is 6.24. The van der Waals surface area contributed by atoms with Crippen LogP contribution in [0.1, 0.15) is 30.9 Å². The van der Waals surface area contributed by atoms with Crippen molar-refractivity contribution in [2.75, 3.05) is 26.2 Å². The molecule has 8 heteroatoms. The number of halogens is 1. The molecule has 6 nitrogen and oxygen atoms in total. The van der Waals surface area contributed by atoms with E-state index in [0.717, 1.165) is 11.1 Å². The summed E-state index contributed by atoms with van der Waals surface area (Å²) in [5, 5.41) is 0. The molecule has 0 aliphatic carbocycles. The average Bonchev–Trinajstić information content (AvgIpc) is 3.15. The van der Waals surface area contributed by atoms with Gasteiger partial charge in [-0.05, 0) is 48.6 Å². The van der Waals surface area contributed by atoms with E-state index in [0.29, 0.717) is 56.9 Å². The number of amides is 2. The molecule has 2 amide bonds. The van der Waals surface area contributed by atoms with E-state index < -0.39 is 10.0 Å². The van der Waals surface area contributed by atoms with Gasteiger partial charge in [0, 0.05) is 38.8 Å². The van der Waals surface area contributed by atoms with Crippen LogP contribution in [0.2, 0.25) is 0 Å². The summed E-state index contributed by atoms with van der Waals surface area (Å²) in [5.41, 5.74) is 1.72. The first kappa shape index (κ1) is 21.8. The lowest BCUT2D eigenvalue weighted by molar-refractivity contribution is 0.153. The third-order valence-corrected chi connectivity index (χ3v) is 8.25. The third kappa shape index (κ3) is 4.45. The smallest absolute Gasteiger partial charge is 0.320 e. The number of hydrogen-bond acceptors (Lipinski definition) is 3. The minimum absolute atomic E-state index is 0.0260. The zero-order valence-corrected chi connectivity index (χ0v) is 18.5. The Morgan fingerprint density at radius 3 is 2.32 bits per heavy atom. The molecule has 0 radical (unpaired) electrons. The second kappa shape index (κ2) is 8.96. The van der Waals surface area contributed by atoms with E-state index >= 15 is 0 Å². The van der Waals surface area contributed by atoms with Gasteiger partial charge >= 0.3 is 6.03 Å². The summed E-state index contributed by atoms with van der Waals surface area (Å²) in [6.45, 7) is 4.49. The Morgan fingerprint density at radius 1 is 0.968 bits per heavy atom. The Labute approximate surface area is 183 Å². The van der Waals surface area contributed by atoms with Gasteiger partial charge in [-0.3, -0.25) is 0 Å². The molecule has 0 bridgehead atoms. The Balaban J connectivity index is 1.37. The predicted octanol–water partition coefficient (Wildman–Crippen LogP) is 3.48. The lowest BCUT2D eigenvalue weighted by Crippen LogP contribution is -2.48. The molecule has 2 heterocycles. The molecule has 2 saturated heterocycles. The van der Waals surface area contributed by atoms with E-state index in [4.69, 9.17) is 0 Å². The van der Waals surface area contributed by atoms with Crippen LogP contribution in [0.3, 0.4) is 0 Å². The number of urea groups is 1. The van der Waals surface area contributed by atoms with Gasteiger partial charge in [0.25, 0.3) is 0 Å². The predicted molar refractivity (Wildman–Crippen MR) is 117 cm³/mol. The highest BCUT2D eigenvalue weighted by molar-refractivity contribution is 7.89. The van der Waals surface area contributed by atoms with Crippen LogP contribution < -0.4 is 0 Å². The number of piperidine rings is 1. The number of aryl methyl sites for hydroxylation is 1. The summed E-state index contributed by atoms with van der Waals surface area (Å²) < 4.78 is 41.0. The van der Waals surface area contributed by atoms with E-state index in [2.05, 4.69) is 0 Å². The van der Waals surface area contributed by atoms with Crippen LogP contribution >= 0.6 is 0 Å². The molecule has 2 aliphatic heterocycles. The van der Waals surface area contributed by atoms with Gasteiger partial charge < -0.3 is 9.80 Å². The van der Waals surface area contributed by atoms with E-state index in [-0.39, 0.29) is 17.9 Å². The Morgan fingerprint density at radius 2 is 1.65 bits per heavy atom. The molecular formula is C23H28FN3O3S. The number of carbonyl (C=O) groups is 1. The molecule has 2 aromatic carbocycles. The van der Waals surface area contributed by atoms with E-state index in [1.807, 2.05) is 24.0 Å². The van der Waals surface area contributed by atoms with Crippen molar-refractivity contribution in [2.24, 2.45) is 0 Å².